The van der Waals surface area contributed by atoms with Gasteiger partial charge in [0.15, 0.2) is 5.76 Å². The van der Waals surface area contributed by atoms with E-state index in [-0.39, 0.29) is 36.1 Å². The third kappa shape index (κ3) is 2.21. The topological polar surface area (TPSA) is 83.3 Å². The summed E-state index contributed by atoms with van der Waals surface area (Å²) in [7, 11) is 1.59. The van der Waals surface area contributed by atoms with Crippen LogP contribution in [0, 0.1) is 0 Å². The lowest BCUT2D eigenvalue weighted by Crippen LogP contribution is -2.69. The van der Waals surface area contributed by atoms with Gasteiger partial charge in [0, 0.05) is 33.2 Å². The molecule has 0 N–H and O–H groups in total. The first-order valence-electron chi connectivity index (χ1n) is 8.06. The van der Waals surface area contributed by atoms with Gasteiger partial charge >= 0.3 is 0 Å². The summed E-state index contributed by atoms with van der Waals surface area (Å²) in [6.07, 6.45) is 1.88. The number of carbonyl (C=O) groups excluding carboxylic acids is 3. The van der Waals surface area contributed by atoms with E-state index in [1.165, 1.54) is 6.26 Å². The molecule has 3 saturated heterocycles. The highest BCUT2D eigenvalue weighted by Crippen LogP contribution is 2.30. The highest BCUT2D eigenvalue weighted by Gasteiger charge is 2.52. The van der Waals surface area contributed by atoms with Crippen molar-refractivity contribution in [1.82, 2.24) is 14.7 Å². The van der Waals surface area contributed by atoms with E-state index < -0.39 is 12.1 Å². The number of hydrogen-bond acceptors (Lipinski definition) is 5. The van der Waals surface area contributed by atoms with Crippen LogP contribution in [0.2, 0.25) is 0 Å². The monoisotopic (exact) mass is 333 g/mol. The molecule has 0 bridgehead atoms. The van der Waals surface area contributed by atoms with Crippen LogP contribution in [0.15, 0.2) is 22.8 Å². The molecular formula is C16H19N3O5. The van der Waals surface area contributed by atoms with Crippen LogP contribution in [0.5, 0.6) is 0 Å². The van der Waals surface area contributed by atoms with Gasteiger partial charge in [0.2, 0.25) is 11.8 Å². The van der Waals surface area contributed by atoms with Crippen molar-refractivity contribution in [1.29, 1.82) is 0 Å². The molecule has 0 aromatic carbocycles. The van der Waals surface area contributed by atoms with E-state index >= 15 is 0 Å². The quantitative estimate of drug-likeness (QED) is 0.733. The average Bonchev–Trinajstić information content (AvgIpc) is 3.28. The highest BCUT2D eigenvalue weighted by molar-refractivity contribution is 5.99. The molecule has 0 unspecified atom stereocenters. The van der Waals surface area contributed by atoms with Gasteiger partial charge in [0.1, 0.15) is 12.1 Å². The normalized spacial score (nSPS) is 29.7. The van der Waals surface area contributed by atoms with Gasteiger partial charge in [-0.3, -0.25) is 14.4 Å². The number of amides is 3. The van der Waals surface area contributed by atoms with Crippen LogP contribution in [-0.2, 0) is 14.3 Å². The molecule has 4 heterocycles. The molecule has 1 aromatic rings. The van der Waals surface area contributed by atoms with Crippen LogP contribution in [0.3, 0.4) is 0 Å². The fraction of sp³-hybridized carbons (Fsp3) is 0.562. The molecule has 3 amide bonds. The highest BCUT2D eigenvalue weighted by atomic mass is 16.5. The molecule has 0 radical (unpaired) electrons. The second-order valence-electron chi connectivity index (χ2n) is 6.38. The lowest BCUT2D eigenvalue weighted by Gasteiger charge is -2.47. The first-order valence-corrected chi connectivity index (χ1v) is 8.06. The number of ether oxygens (including phenoxy) is 1. The Morgan fingerprint density at radius 1 is 1.17 bits per heavy atom. The maximum atomic E-state index is 12.8. The molecule has 128 valence electrons. The van der Waals surface area contributed by atoms with Crippen LogP contribution in [0.25, 0.3) is 0 Å². The minimum absolute atomic E-state index is 0.0377. The molecule has 8 heteroatoms. The van der Waals surface area contributed by atoms with Crippen LogP contribution in [0.1, 0.15) is 17.0 Å². The van der Waals surface area contributed by atoms with Crippen molar-refractivity contribution in [2.75, 3.05) is 33.3 Å². The van der Waals surface area contributed by atoms with E-state index in [0.29, 0.717) is 26.1 Å². The summed E-state index contributed by atoms with van der Waals surface area (Å²) in [4.78, 5) is 42.8. The molecule has 4 rings (SSSR count). The molecule has 8 nitrogen and oxygen atoms in total. The van der Waals surface area contributed by atoms with Gasteiger partial charge in [0.05, 0.1) is 18.9 Å². The fourth-order valence-corrected chi connectivity index (χ4v) is 3.83. The zero-order valence-corrected chi connectivity index (χ0v) is 13.4. The standard InChI is InChI=1S/C16H19N3O5/c1-23-10-7-11-14(20)18-5-4-17(16(22)13-3-2-6-24-13)9-12(18)15(21)19(11)8-10/h2-3,6,10-12H,4-5,7-9H2,1H3/t10-,11+,12+/m1/s1. The Morgan fingerprint density at radius 2 is 1.96 bits per heavy atom. The maximum Gasteiger partial charge on any atom is 0.289 e. The van der Waals surface area contributed by atoms with Gasteiger partial charge in [-0.1, -0.05) is 0 Å². The van der Waals surface area contributed by atoms with Crippen molar-refractivity contribution in [2.24, 2.45) is 0 Å². The first-order chi connectivity index (χ1) is 11.6. The predicted molar refractivity (Wildman–Crippen MR) is 81.0 cm³/mol. The predicted octanol–water partition coefficient (Wildman–Crippen LogP) is -0.438. The fourth-order valence-electron chi connectivity index (χ4n) is 3.83. The summed E-state index contributed by atoms with van der Waals surface area (Å²) in [5, 5.41) is 0. The van der Waals surface area contributed by atoms with E-state index in [1.807, 2.05) is 0 Å². The lowest BCUT2D eigenvalue weighted by atomic mass is 10.0. The zero-order valence-electron chi connectivity index (χ0n) is 13.4. The Bertz CT molecular complexity index is 673. The molecule has 0 saturated carbocycles. The Kier molecular flexibility index (Phi) is 3.56. The minimum Gasteiger partial charge on any atom is -0.459 e. The first kappa shape index (κ1) is 15.2. The number of hydrogen-bond donors (Lipinski definition) is 0. The smallest absolute Gasteiger partial charge is 0.289 e. The molecule has 3 aliphatic rings. The number of rotatable bonds is 2. The molecular weight excluding hydrogens is 314 g/mol. The van der Waals surface area contributed by atoms with Gasteiger partial charge in [-0.15, -0.1) is 0 Å². The van der Waals surface area contributed by atoms with E-state index in [9.17, 15) is 14.4 Å². The van der Waals surface area contributed by atoms with Crippen LogP contribution in [-0.4, -0.2) is 83.9 Å². The van der Waals surface area contributed by atoms with Crippen LogP contribution in [0.4, 0.5) is 0 Å². The summed E-state index contributed by atoms with van der Waals surface area (Å²) in [6, 6.07) is 2.21. The Labute approximate surface area is 138 Å². The molecule has 24 heavy (non-hydrogen) atoms. The van der Waals surface area contributed by atoms with Crippen molar-refractivity contribution in [2.45, 2.75) is 24.6 Å². The Hall–Kier alpha value is -2.35. The number of methoxy groups -OCH3 is 1. The van der Waals surface area contributed by atoms with E-state index in [0.717, 1.165) is 0 Å². The molecule has 0 aliphatic carbocycles. The summed E-state index contributed by atoms with van der Waals surface area (Å²) in [5.74, 6) is -0.143. The van der Waals surface area contributed by atoms with Crippen molar-refractivity contribution in [3.8, 4) is 0 Å². The second-order valence-corrected chi connectivity index (χ2v) is 6.38. The lowest BCUT2D eigenvalue weighted by molar-refractivity contribution is -0.162. The number of nitrogens with zero attached hydrogens (tertiary/aromatic N) is 3. The molecule has 3 aliphatic heterocycles. The van der Waals surface area contributed by atoms with Crippen molar-refractivity contribution < 1.29 is 23.5 Å². The molecule has 1 aromatic heterocycles. The SMILES string of the molecule is CO[C@@H]1C[C@H]2C(=O)N3CCN(C(=O)c4ccco4)C[C@H]3C(=O)N2C1. The Morgan fingerprint density at radius 3 is 2.67 bits per heavy atom. The summed E-state index contributed by atoms with van der Waals surface area (Å²) < 4.78 is 10.5. The number of fused-ring (bicyclic) bond motifs is 2. The largest absolute Gasteiger partial charge is 0.459 e. The minimum atomic E-state index is -0.614. The summed E-state index contributed by atoms with van der Waals surface area (Å²) in [6.45, 7) is 1.40. The van der Waals surface area contributed by atoms with Gasteiger partial charge in [-0.05, 0) is 12.1 Å². The second kappa shape index (κ2) is 5.62. The van der Waals surface area contributed by atoms with Gasteiger partial charge < -0.3 is 23.9 Å². The molecule has 3 fully saturated rings. The maximum absolute atomic E-state index is 12.8. The molecule has 0 spiro atoms. The average molecular weight is 333 g/mol. The zero-order chi connectivity index (χ0) is 16.8. The number of furan rings is 1. The number of piperazine rings is 2. The van der Waals surface area contributed by atoms with E-state index in [2.05, 4.69) is 0 Å². The summed E-state index contributed by atoms with van der Waals surface area (Å²) in [5.41, 5.74) is 0. The third-order valence-electron chi connectivity index (χ3n) is 5.13. The third-order valence-corrected chi connectivity index (χ3v) is 5.13. The van der Waals surface area contributed by atoms with Gasteiger partial charge in [0.25, 0.3) is 5.91 Å². The Balaban J connectivity index is 1.54. The van der Waals surface area contributed by atoms with Crippen molar-refractivity contribution in [3.05, 3.63) is 24.2 Å². The summed E-state index contributed by atoms with van der Waals surface area (Å²) >= 11 is 0. The van der Waals surface area contributed by atoms with E-state index in [1.54, 1.807) is 33.9 Å². The molecule has 3 atom stereocenters. The van der Waals surface area contributed by atoms with E-state index in [4.69, 9.17) is 9.15 Å². The van der Waals surface area contributed by atoms with Gasteiger partial charge in [-0.2, -0.15) is 0 Å². The number of carbonyl (C=O) groups is 3. The van der Waals surface area contributed by atoms with Crippen molar-refractivity contribution >= 4 is 17.7 Å². The van der Waals surface area contributed by atoms with Crippen molar-refractivity contribution in [3.63, 3.8) is 0 Å². The van der Waals surface area contributed by atoms with Crippen LogP contribution >= 0.6 is 0 Å². The van der Waals surface area contributed by atoms with Gasteiger partial charge in [-0.25, -0.2) is 0 Å². The van der Waals surface area contributed by atoms with Crippen LogP contribution < -0.4 is 0 Å².